The molecule has 0 radical (unpaired) electrons. The van der Waals surface area contributed by atoms with Gasteiger partial charge in [0.05, 0.1) is 0 Å². The third-order valence-electron chi connectivity index (χ3n) is 4.57. The number of hydrogen-bond donors (Lipinski definition) is 0. The monoisotopic (exact) mass is 576 g/mol. The molecule has 0 atom stereocenters. The maximum Gasteiger partial charge on any atom is 4.00 e. The molecule has 0 fully saturated rings. The van der Waals surface area contributed by atoms with E-state index in [1.807, 2.05) is 28.2 Å². The molecule has 0 N–H and O–H groups in total. The fourth-order valence-electron chi connectivity index (χ4n) is 2.94. The minimum atomic E-state index is 0. The van der Waals surface area contributed by atoms with Crippen LogP contribution in [0.1, 0.15) is 52.7 Å². The Hall–Kier alpha value is -0.0569. The second-order valence-electron chi connectivity index (χ2n) is 9.60. The van der Waals surface area contributed by atoms with Gasteiger partial charge >= 0.3 is 26.2 Å². The van der Waals surface area contributed by atoms with Crippen LogP contribution < -0.4 is 34.6 Å². The van der Waals surface area contributed by atoms with Gasteiger partial charge in [-0.3, -0.25) is 0 Å². The van der Waals surface area contributed by atoms with Gasteiger partial charge in [0.2, 0.25) is 0 Å². The van der Waals surface area contributed by atoms with Crippen molar-refractivity contribution in [3.05, 3.63) is 47.5 Å². The Bertz CT molecular complexity index is 732. The Morgan fingerprint density at radius 2 is 0.839 bits per heavy atom. The minimum absolute atomic E-state index is 0. The van der Waals surface area contributed by atoms with Crippen LogP contribution in [0, 0.1) is 0 Å². The molecule has 0 spiro atoms. The Morgan fingerprint density at radius 3 is 1.03 bits per heavy atom. The van der Waals surface area contributed by atoms with Gasteiger partial charge in [0, 0.05) is 39.6 Å². The molecule has 2 nitrogen and oxygen atoms in total. The first-order chi connectivity index (χ1) is 12.7. The predicted octanol–water partition coefficient (Wildman–Crippen LogP) is -0.0827. The molecule has 0 saturated carbocycles. The van der Waals surface area contributed by atoms with Gasteiger partial charge < -0.3 is 59.9 Å². The molecule has 172 valence electrons. The van der Waals surface area contributed by atoms with E-state index in [1.165, 1.54) is 11.1 Å². The fourth-order valence-corrected chi connectivity index (χ4v) is 4.18. The summed E-state index contributed by atoms with van der Waals surface area (Å²) in [6, 6.07) is 12.5. The summed E-state index contributed by atoms with van der Waals surface area (Å²) < 4.78 is 0. The van der Waals surface area contributed by atoms with Crippen LogP contribution in [0.2, 0.25) is 0 Å². The molecule has 0 bridgehead atoms. The van der Waals surface area contributed by atoms with Gasteiger partial charge in [0.15, 0.2) is 0 Å². The fraction of sp³-hybridized carbons (Fsp3) is 0.500. The molecule has 0 unspecified atom stereocenters. The zero-order chi connectivity index (χ0) is 21.9. The van der Waals surface area contributed by atoms with E-state index in [2.05, 4.69) is 87.7 Å². The van der Waals surface area contributed by atoms with Crippen LogP contribution in [0.25, 0.3) is 0 Å². The SMILES string of the molecule is CN(C)c1cccc(C(C)(C)C)c1[S-].CN(C)c1cccc(C(C)(C)C)c1[S-].[Cl-].[Cl-].[Zr+4]. The molecule has 0 aromatic heterocycles. The van der Waals surface area contributed by atoms with E-state index in [0.29, 0.717) is 0 Å². The van der Waals surface area contributed by atoms with E-state index in [9.17, 15) is 0 Å². The Balaban J connectivity index is -0.000000461. The van der Waals surface area contributed by atoms with Gasteiger partial charge in [0.25, 0.3) is 0 Å². The second-order valence-corrected chi connectivity index (χ2v) is 10.4. The predicted molar refractivity (Wildman–Crippen MR) is 130 cm³/mol. The summed E-state index contributed by atoms with van der Waals surface area (Å²) in [4.78, 5) is 6.09. The molecule has 0 aliphatic carbocycles. The summed E-state index contributed by atoms with van der Waals surface area (Å²) in [7, 11) is 8.10. The minimum Gasteiger partial charge on any atom is -1.00 e. The van der Waals surface area contributed by atoms with Crippen LogP contribution in [-0.2, 0) is 62.3 Å². The molecule has 0 aliphatic rings. The molecule has 0 heterocycles. The van der Waals surface area contributed by atoms with E-state index in [4.69, 9.17) is 25.3 Å². The number of rotatable bonds is 2. The van der Waals surface area contributed by atoms with Gasteiger partial charge in [-0.2, -0.15) is 0 Å². The number of nitrogens with zero attached hydrogens (tertiary/aromatic N) is 2. The van der Waals surface area contributed by atoms with Crippen LogP contribution >= 0.6 is 0 Å². The standard InChI is InChI=1S/2C12H19NS.2ClH.Zr/c2*1-12(2,3)9-7-6-8-10(11(9)14)13(4)5;;;/h2*6-8,14H,1-5H3;2*1H;/q;;;;+4/p-4. The van der Waals surface area contributed by atoms with Gasteiger partial charge in [-0.1, -0.05) is 76.9 Å². The molecule has 31 heavy (non-hydrogen) atoms. The quantitative estimate of drug-likeness (QED) is 0.460. The third kappa shape index (κ3) is 10.2. The average molecular weight is 579 g/mol. The Labute approximate surface area is 233 Å². The van der Waals surface area contributed by atoms with Crippen molar-refractivity contribution >= 4 is 36.6 Å². The smallest absolute Gasteiger partial charge is 1.00 e. The van der Waals surface area contributed by atoms with Crippen molar-refractivity contribution in [2.24, 2.45) is 0 Å². The van der Waals surface area contributed by atoms with E-state index in [1.54, 1.807) is 0 Å². The average Bonchev–Trinajstić information content (AvgIpc) is 2.53. The first kappa shape index (κ1) is 35.5. The molecule has 2 rings (SSSR count). The van der Waals surface area contributed by atoms with Crippen molar-refractivity contribution < 1.29 is 51.0 Å². The zero-order valence-electron chi connectivity index (χ0n) is 20.4. The summed E-state index contributed by atoms with van der Waals surface area (Å²) in [5.41, 5.74) is 5.02. The van der Waals surface area contributed by atoms with Gasteiger partial charge in [-0.15, -0.1) is 9.79 Å². The van der Waals surface area contributed by atoms with E-state index >= 15 is 0 Å². The molecular formula is C24H36Cl2N2S2Zr. The number of anilines is 2. The van der Waals surface area contributed by atoms with Crippen molar-refractivity contribution in [1.82, 2.24) is 0 Å². The number of benzene rings is 2. The van der Waals surface area contributed by atoms with Crippen LogP contribution in [-0.4, -0.2) is 28.2 Å². The van der Waals surface area contributed by atoms with Crippen LogP contribution in [0.4, 0.5) is 11.4 Å². The zero-order valence-corrected chi connectivity index (χ0v) is 26.0. The molecule has 0 saturated heterocycles. The first-order valence-corrected chi connectivity index (χ1v) is 10.4. The van der Waals surface area contributed by atoms with Crippen molar-refractivity contribution in [2.45, 2.75) is 62.2 Å². The van der Waals surface area contributed by atoms with E-state index < -0.39 is 0 Å². The van der Waals surface area contributed by atoms with Crippen molar-refractivity contribution in [2.75, 3.05) is 38.0 Å². The first-order valence-electron chi connectivity index (χ1n) is 9.63. The molecule has 2 aromatic rings. The summed E-state index contributed by atoms with van der Waals surface area (Å²) in [5, 5.41) is 0. The van der Waals surface area contributed by atoms with Gasteiger partial charge in [-0.05, 0) is 23.0 Å². The molecule has 0 aliphatic heterocycles. The maximum atomic E-state index is 5.47. The number of halogens is 2. The van der Waals surface area contributed by atoms with Crippen molar-refractivity contribution in [3.63, 3.8) is 0 Å². The summed E-state index contributed by atoms with van der Waals surface area (Å²) in [5.74, 6) is 0. The summed E-state index contributed by atoms with van der Waals surface area (Å²) in [6.07, 6.45) is 0. The second kappa shape index (κ2) is 14.3. The maximum absolute atomic E-state index is 5.47. The van der Waals surface area contributed by atoms with E-state index in [-0.39, 0.29) is 61.8 Å². The van der Waals surface area contributed by atoms with Crippen molar-refractivity contribution in [1.29, 1.82) is 0 Å². The van der Waals surface area contributed by atoms with Gasteiger partial charge in [-0.25, -0.2) is 0 Å². The molecule has 7 heteroatoms. The largest absolute Gasteiger partial charge is 4.00 e. The molecule has 0 amide bonds. The summed E-state index contributed by atoms with van der Waals surface area (Å²) >= 11 is 10.9. The van der Waals surface area contributed by atoms with Gasteiger partial charge in [0.1, 0.15) is 0 Å². The van der Waals surface area contributed by atoms with E-state index in [0.717, 1.165) is 21.2 Å². The van der Waals surface area contributed by atoms with Crippen molar-refractivity contribution in [3.8, 4) is 0 Å². The normalized spacial score (nSPS) is 10.4. The summed E-state index contributed by atoms with van der Waals surface area (Å²) in [6.45, 7) is 13.2. The van der Waals surface area contributed by atoms with Crippen LogP contribution in [0.3, 0.4) is 0 Å². The topological polar surface area (TPSA) is 6.48 Å². The number of hydrogen-bond acceptors (Lipinski definition) is 4. The Kier molecular flexibility index (Phi) is 16.3. The Morgan fingerprint density at radius 1 is 0.581 bits per heavy atom. The molecule has 2 aromatic carbocycles. The third-order valence-corrected chi connectivity index (χ3v) is 5.43. The van der Waals surface area contributed by atoms with Crippen LogP contribution in [0.5, 0.6) is 0 Å². The molecular weight excluding hydrogens is 543 g/mol. The van der Waals surface area contributed by atoms with Crippen LogP contribution in [0.15, 0.2) is 46.2 Å².